The minimum atomic E-state index is -3.86. The van der Waals surface area contributed by atoms with E-state index in [9.17, 15) is 18.0 Å². The number of nitrogens with one attached hydrogen (secondary N) is 1. The summed E-state index contributed by atoms with van der Waals surface area (Å²) >= 11 is 0. The van der Waals surface area contributed by atoms with Crippen LogP contribution in [0, 0.1) is 0 Å². The quantitative estimate of drug-likeness (QED) is 0.319. The average Bonchev–Trinajstić information content (AvgIpc) is 2.96. The molecule has 0 heterocycles. The summed E-state index contributed by atoms with van der Waals surface area (Å²) in [5.41, 5.74) is 1.89. The number of amides is 2. The number of anilines is 1. The Morgan fingerprint density at radius 2 is 1.50 bits per heavy atom. The molecular formula is C30H37N3O6S. The molecule has 0 aromatic heterocycles. The highest BCUT2D eigenvalue weighted by Crippen LogP contribution is 2.24. The second-order valence-corrected chi connectivity index (χ2v) is 11.2. The number of carbonyl (C=O) groups is 2. The summed E-state index contributed by atoms with van der Waals surface area (Å²) in [6, 6.07) is 22.2. The van der Waals surface area contributed by atoms with Gasteiger partial charge in [-0.1, -0.05) is 55.5 Å². The van der Waals surface area contributed by atoms with Crippen molar-refractivity contribution in [3.63, 3.8) is 0 Å². The molecule has 3 aromatic carbocycles. The number of nitrogens with zero attached hydrogens (tertiary/aromatic N) is 2. The van der Waals surface area contributed by atoms with E-state index in [1.807, 2.05) is 43.3 Å². The Labute approximate surface area is 236 Å². The van der Waals surface area contributed by atoms with Crippen molar-refractivity contribution in [3.8, 4) is 11.5 Å². The molecule has 0 spiro atoms. The van der Waals surface area contributed by atoms with Crippen LogP contribution in [0.1, 0.15) is 24.5 Å². The van der Waals surface area contributed by atoms with Crippen LogP contribution in [-0.2, 0) is 32.6 Å². The van der Waals surface area contributed by atoms with Crippen LogP contribution in [0.25, 0.3) is 0 Å². The summed E-state index contributed by atoms with van der Waals surface area (Å²) in [7, 11) is -0.832. The van der Waals surface area contributed by atoms with Gasteiger partial charge in [-0.15, -0.1) is 0 Å². The van der Waals surface area contributed by atoms with Gasteiger partial charge in [-0.3, -0.25) is 13.9 Å². The summed E-state index contributed by atoms with van der Waals surface area (Å²) < 4.78 is 37.4. The normalized spacial score (nSPS) is 11.8. The van der Waals surface area contributed by atoms with Crippen molar-refractivity contribution < 1.29 is 27.5 Å². The molecule has 0 bridgehead atoms. The van der Waals surface area contributed by atoms with Crippen molar-refractivity contribution in [1.29, 1.82) is 0 Å². The molecule has 0 radical (unpaired) electrons. The molecule has 0 saturated carbocycles. The van der Waals surface area contributed by atoms with E-state index in [-0.39, 0.29) is 24.6 Å². The molecule has 10 heteroatoms. The molecule has 0 aliphatic heterocycles. The van der Waals surface area contributed by atoms with Crippen molar-refractivity contribution >= 4 is 27.5 Å². The van der Waals surface area contributed by atoms with Gasteiger partial charge in [0.05, 0.1) is 26.2 Å². The van der Waals surface area contributed by atoms with Crippen molar-refractivity contribution in [1.82, 2.24) is 10.2 Å². The zero-order valence-electron chi connectivity index (χ0n) is 23.4. The van der Waals surface area contributed by atoms with E-state index in [4.69, 9.17) is 9.47 Å². The summed E-state index contributed by atoms with van der Waals surface area (Å²) in [5, 5.41) is 2.92. The lowest BCUT2D eigenvalue weighted by atomic mass is 10.0. The van der Waals surface area contributed by atoms with Crippen molar-refractivity contribution in [2.24, 2.45) is 0 Å². The van der Waals surface area contributed by atoms with Crippen LogP contribution in [0.5, 0.6) is 11.5 Å². The zero-order valence-corrected chi connectivity index (χ0v) is 24.2. The predicted octanol–water partition coefficient (Wildman–Crippen LogP) is 3.64. The van der Waals surface area contributed by atoms with E-state index in [1.165, 1.54) is 12.0 Å². The lowest BCUT2D eigenvalue weighted by Gasteiger charge is -2.33. The van der Waals surface area contributed by atoms with Crippen LogP contribution in [0.4, 0.5) is 5.69 Å². The molecule has 0 unspecified atom stereocenters. The van der Waals surface area contributed by atoms with Crippen molar-refractivity contribution in [2.75, 3.05) is 37.9 Å². The van der Waals surface area contributed by atoms with Gasteiger partial charge < -0.3 is 19.7 Å². The Morgan fingerprint density at radius 3 is 2.12 bits per heavy atom. The molecule has 1 atom stereocenters. The molecule has 0 fully saturated rings. The number of methoxy groups -OCH3 is 2. The van der Waals surface area contributed by atoms with E-state index in [0.717, 1.165) is 28.1 Å². The highest BCUT2D eigenvalue weighted by Gasteiger charge is 2.33. The number of carbonyl (C=O) groups excluding carboxylic acids is 2. The number of hydrogen-bond donors (Lipinski definition) is 1. The average molecular weight is 568 g/mol. The van der Waals surface area contributed by atoms with E-state index in [1.54, 1.807) is 49.6 Å². The Bertz CT molecular complexity index is 1380. The third kappa shape index (κ3) is 8.47. The van der Waals surface area contributed by atoms with Gasteiger partial charge >= 0.3 is 0 Å². The Hall–Kier alpha value is -4.05. The van der Waals surface area contributed by atoms with Gasteiger partial charge in [0.15, 0.2) is 0 Å². The molecular weight excluding hydrogens is 530 g/mol. The lowest BCUT2D eigenvalue weighted by molar-refractivity contribution is -0.140. The maximum atomic E-state index is 14.1. The number of rotatable bonds is 14. The fourth-order valence-corrected chi connectivity index (χ4v) is 5.11. The van der Waals surface area contributed by atoms with Gasteiger partial charge in [0.25, 0.3) is 0 Å². The van der Waals surface area contributed by atoms with E-state index in [0.29, 0.717) is 18.0 Å². The SMILES string of the molecule is CCCNC(=O)[C@@H](Cc1ccccc1)N(Cc1cccc(OC)c1)C(=O)CN(c1cccc(OC)c1)S(C)(=O)=O. The van der Waals surface area contributed by atoms with Crippen LogP contribution in [0.15, 0.2) is 78.9 Å². The maximum Gasteiger partial charge on any atom is 0.244 e. The van der Waals surface area contributed by atoms with E-state index >= 15 is 0 Å². The maximum absolute atomic E-state index is 14.1. The summed E-state index contributed by atoms with van der Waals surface area (Å²) in [6.45, 7) is 1.97. The predicted molar refractivity (Wildman–Crippen MR) is 156 cm³/mol. The molecule has 2 amide bonds. The molecule has 3 rings (SSSR count). The Morgan fingerprint density at radius 1 is 0.875 bits per heavy atom. The highest BCUT2D eigenvalue weighted by molar-refractivity contribution is 7.92. The van der Waals surface area contributed by atoms with Gasteiger partial charge in [-0.05, 0) is 41.8 Å². The largest absolute Gasteiger partial charge is 0.497 e. The van der Waals surface area contributed by atoms with Gasteiger partial charge in [-0.2, -0.15) is 0 Å². The first-order valence-corrected chi connectivity index (χ1v) is 14.9. The molecule has 214 valence electrons. The second-order valence-electron chi connectivity index (χ2n) is 9.34. The van der Waals surface area contributed by atoms with Crippen LogP contribution < -0.4 is 19.1 Å². The molecule has 3 aromatic rings. The van der Waals surface area contributed by atoms with Gasteiger partial charge in [0.2, 0.25) is 21.8 Å². The standard InChI is InChI=1S/C30H37N3O6S/c1-5-17-31-30(35)28(19-23-11-7-6-8-12-23)32(21-24-13-9-15-26(18-24)38-2)29(34)22-33(40(4,36)37)25-14-10-16-27(20-25)39-3/h6-16,18,20,28H,5,17,19,21-22H2,1-4H3,(H,31,35)/t28-/m1/s1. The lowest BCUT2D eigenvalue weighted by Crippen LogP contribution is -2.53. The van der Waals surface area contributed by atoms with Crippen LogP contribution in [0.3, 0.4) is 0 Å². The van der Waals surface area contributed by atoms with E-state index < -0.39 is 28.5 Å². The molecule has 1 N–H and O–H groups in total. The fourth-order valence-electron chi connectivity index (χ4n) is 4.27. The number of benzene rings is 3. The highest BCUT2D eigenvalue weighted by atomic mass is 32.2. The number of hydrogen-bond acceptors (Lipinski definition) is 6. The summed E-state index contributed by atoms with van der Waals surface area (Å²) in [6.07, 6.45) is 2.02. The minimum absolute atomic E-state index is 0.0722. The van der Waals surface area contributed by atoms with Gasteiger partial charge in [-0.25, -0.2) is 8.42 Å². The first-order chi connectivity index (χ1) is 19.2. The monoisotopic (exact) mass is 567 g/mol. The topological polar surface area (TPSA) is 105 Å². The van der Waals surface area contributed by atoms with Crippen LogP contribution in [-0.4, -0.2) is 64.7 Å². The molecule has 0 aliphatic carbocycles. The smallest absolute Gasteiger partial charge is 0.244 e. The number of ether oxygens (including phenoxy) is 2. The van der Waals surface area contributed by atoms with Crippen LogP contribution in [0.2, 0.25) is 0 Å². The van der Waals surface area contributed by atoms with Crippen molar-refractivity contribution in [2.45, 2.75) is 32.4 Å². The Kier molecular flexibility index (Phi) is 11.0. The zero-order chi connectivity index (χ0) is 29.1. The minimum Gasteiger partial charge on any atom is -0.497 e. The Balaban J connectivity index is 2.06. The molecule has 0 saturated heterocycles. The second kappa shape index (κ2) is 14.4. The first kappa shape index (κ1) is 30.5. The first-order valence-electron chi connectivity index (χ1n) is 13.0. The third-order valence-corrected chi connectivity index (χ3v) is 7.47. The molecule has 9 nitrogen and oxygen atoms in total. The fraction of sp³-hybridized carbons (Fsp3) is 0.333. The van der Waals surface area contributed by atoms with E-state index in [2.05, 4.69) is 5.32 Å². The molecule has 0 aliphatic rings. The van der Waals surface area contributed by atoms with Gasteiger partial charge in [0, 0.05) is 25.6 Å². The van der Waals surface area contributed by atoms with Gasteiger partial charge in [0.1, 0.15) is 24.1 Å². The van der Waals surface area contributed by atoms with Crippen molar-refractivity contribution in [3.05, 3.63) is 90.0 Å². The summed E-state index contributed by atoms with van der Waals surface area (Å²) in [4.78, 5) is 29.0. The molecule has 40 heavy (non-hydrogen) atoms. The third-order valence-electron chi connectivity index (χ3n) is 6.33. The summed E-state index contributed by atoms with van der Waals surface area (Å²) in [5.74, 6) is 0.222. The van der Waals surface area contributed by atoms with Crippen LogP contribution >= 0.6 is 0 Å². The number of sulfonamides is 1.